The number of nitrogens with zero attached hydrogens (tertiary/aromatic N) is 3. The number of methoxy groups -OCH3 is 1. The molecule has 0 spiro atoms. The van der Waals surface area contributed by atoms with Crippen LogP contribution in [0.5, 0.6) is 0 Å². The first kappa shape index (κ1) is 22.1. The van der Waals surface area contributed by atoms with Gasteiger partial charge in [-0.2, -0.15) is 4.99 Å². The van der Waals surface area contributed by atoms with Crippen LogP contribution in [0.15, 0.2) is 46.3 Å². The molecule has 0 aliphatic rings. The van der Waals surface area contributed by atoms with E-state index in [0.717, 1.165) is 17.4 Å². The second-order valence-electron chi connectivity index (χ2n) is 6.04. The maximum atomic E-state index is 12.7. The molecule has 3 aromatic rings. The Hall–Kier alpha value is -2.64. The van der Waals surface area contributed by atoms with E-state index in [9.17, 15) is 23.3 Å². The Bertz CT molecular complexity index is 1330. The number of halogens is 1. The highest BCUT2D eigenvalue weighted by molar-refractivity contribution is 7.89. The maximum absolute atomic E-state index is 12.7. The molecule has 0 unspecified atom stereocenters. The lowest BCUT2D eigenvalue weighted by Gasteiger charge is -2.05. The number of thiazole rings is 1. The quantitative estimate of drug-likeness (QED) is 0.431. The van der Waals surface area contributed by atoms with Crippen LogP contribution in [0.1, 0.15) is 10.4 Å². The van der Waals surface area contributed by atoms with Crippen LogP contribution in [0.2, 0.25) is 5.02 Å². The van der Waals surface area contributed by atoms with Gasteiger partial charge in [0.15, 0.2) is 4.80 Å². The highest BCUT2D eigenvalue weighted by atomic mass is 35.5. The fraction of sp³-hybridized carbons (Fsp3) is 0.176. The second-order valence-corrected chi connectivity index (χ2v) is 9.02. The number of nitro benzene ring substituents is 1. The van der Waals surface area contributed by atoms with Crippen LogP contribution in [-0.4, -0.2) is 37.5 Å². The average Bonchev–Trinajstić information content (AvgIpc) is 3.01. The molecule has 30 heavy (non-hydrogen) atoms. The Morgan fingerprint density at radius 1 is 1.33 bits per heavy atom. The van der Waals surface area contributed by atoms with Crippen molar-refractivity contribution in [2.75, 3.05) is 13.7 Å². The Labute approximate surface area is 179 Å². The van der Waals surface area contributed by atoms with Gasteiger partial charge in [0.1, 0.15) is 0 Å². The molecule has 0 aliphatic heterocycles. The molecule has 2 aromatic carbocycles. The molecule has 0 aliphatic carbocycles. The molecule has 1 heterocycles. The van der Waals surface area contributed by atoms with Crippen molar-refractivity contribution in [2.45, 2.75) is 11.4 Å². The Morgan fingerprint density at radius 2 is 2.07 bits per heavy atom. The van der Waals surface area contributed by atoms with Crippen molar-refractivity contribution in [3.8, 4) is 0 Å². The first-order valence-electron chi connectivity index (χ1n) is 8.30. The minimum absolute atomic E-state index is 0.0235. The van der Waals surface area contributed by atoms with E-state index >= 15 is 0 Å². The predicted molar refractivity (Wildman–Crippen MR) is 111 cm³/mol. The molecule has 10 nitrogen and oxygen atoms in total. The van der Waals surface area contributed by atoms with E-state index in [1.165, 1.54) is 31.4 Å². The number of benzene rings is 2. The summed E-state index contributed by atoms with van der Waals surface area (Å²) in [5.74, 6) is -0.770. The summed E-state index contributed by atoms with van der Waals surface area (Å²) in [7, 11) is -2.39. The second kappa shape index (κ2) is 8.62. The van der Waals surface area contributed by atoms with Crippen molar-refractivity contribution in [3.63, 3.8) is 0 Å². The summed E-state index contributed by atoms with van der Waals surface area (Å²) in [5, 5.41) is 16.2. The third-order valence-corrected chi connectivity index (χ3v) is 6.37. The third kappa shape index (κ3) is 4.57. The fourth-order valence-electron chi connectivity index (χ4n) is 2.65. The van der Waals surface area contributed by atoms with Crippen molar-refractivity contribution in [2.24, 2.45) is 10.1 Å². The standard InChI is InChI=1S/C17H15ClN4O6S2/c1-28-7-6-21-14-5-3-11(30(19,26)27)9-15(14)29-17(21)20-16(23)12-8-10(22(24)25)2-4-13(12)18/h2-5,8-9H,6-7H2,1H3,(H2,19,26,27). The van der Waals surface area contributed by atoms with E-state index in [0.29, 0.717) is 23.4 Å². The topological polar surface area (TPSA) is 147 Å². The summed E-state index contributed by atoms with van der Waals surface area (Å²) in [4.78, 5) is 27.3. The normalized spacial score (nSPS) is 12.4. The zero-order valence-electron chi connectivity index (χ0n) is 15.4. The minimum atomic E-state index is -3.91. The van der Waals surface area contributed by atoms with E-state index in [1.807, 2.05) is 0 Å². The number of hydrogen-bond acceptors (Lipinski definition) is 7. The molecule has 0 saturated carbocycles. The monoisotopic (exact) mass is 470 g/mol. The number of carbonyl (C=O) groups is 1. The van der Waals surface area contributed by atoms with Gasteiger partial charge in [-0.25, -0.2) is 13.6 Å². The lowest BCUT2D eigenvalue weighted by molar-refractivity contribution is -0.384. The number of amides is 1. The van der Waals surface area contributed by atoms with E-state index in [-0.39, 0.29) is 26.0 Å². The average molecular weight is 471 g/mol. The summed E-state index contributed by atoms with van der Waals surface area (Å²) in [6.07, 6.45) is 0. The smallest absolute Gasteiger partial charge is 0.281 e. The van der Waals surface area contributed by atoms with Gasteiger partial charge in [0.25, 0.3) is 11.6 Å². The Balaban J connectivity index is 2.18. The van der Waals surface area contributed by atoms with Gasteiger partial charge in [0, 0.05) is 25.8 Å². The number of ether oxygens (including phenoxy) is 1. The van der Waals surface area contributed by atoms with Gasteiger partial charge in [-0.3, -0.25) is 14.9 Å². The van der Waals surface area contributed by atoms with Crippen molar-refractivity contribution in [1.82, 2.24) is 4.57 Å². The number of primary sulfonamides is 1. The van der Waals surface area contributed by atoms with Gasteiger partial charge in [0.2, 0.25) is 10.0 Å². The summed E-state index contributed by atoms with van der Waals surface area (Å²) >= 11 is 7.09. The number of carbonyl (C=O) groups excluding carboxylic acids is 1. The summed E-state index contributed by atoms with van der Waals surface area (Å²) in [6, 6.07) is 7.81. The molecule has 158 valence electrons. The summed E-state index contributed by atoms with van der Waals surface area (Å²) in [5.41, 5.74) is 0.215. The molecule has 1 amide bonds. The number of sulfonamides is 1. The first-order valence-corrected chi connectivity index (χ1v) is 11.0. The van der Waals surface area contributed by atoms with Crippen LogP contribution < -0.4 is 9.94 Å². The minimum Gasteiger partial charge on any atom is -0.383 e. The van der Waals surface area contributed by atoms with Crippen LogP contribution in [0.4, 0.5) is 5.69 Å². The first-order chi connectivity index (χ1) is 14.1. The molecular formula is C17H15ClN4O6S2. The molecule has 0 atom stereocenters. The Morgan fingerprint density at radius 3 is 2.70 bits per heavy atom. The largest absolute Gasteiger partial charge is 0.383 e. The number of rotatable bonds is 6. The Kier molecular flexibility index (Phi) is 6.33. The molecule has 0 saturated heterocycles. The number of aromatic nitrogens is 1. The molecule has 2 N–H and O–H groups in total. The summed E-state index contributed by atoms with van der Waals surface area (Å²) < 4.78 is 30.6. The number of nitrogens with two attached hydrogens (primary N) is 1. The number of hydrogen-bond donors (Lipinski definition) is 1. The van der Waals surface area contributed by atoms with Gasteiger partial charge in [0.05, 0.1) is 37.2 Å². The van der Waals surface area contributed by atoms with Gasteiger partial charge in [-0.05, 0) is 24.3 Å². The molecule has 0 radical (unpaired) electrons. The van der Waals surface area contributed by atoms with E-state index in [1.54, 1.807) is 10.6 Å². The van der Waals surface area contributed by atoms with Crippen LogP contribution in [0.3, 0.4) is 0 Å². The van der Waals surface area contributed by atoms with Gasteiger partial charge >= 0.3 is 0 Å². The zero-order valence-corrected chi connectivity index (χ0v) is 17.8. The molecule has 3 rings (SSSR count). The number of non-ortho nitro benzene ring substituents is 1. The SMILES string of the molecule is COCCn1c(=NC(=O)c2cc([N+](=O)[O-])ccc2Cl)sc2cc(S(N)(=O)=O)ccc21. The fourth-order valence-corrected chi connectivity index (χ4v) is 4.56. The highest BCUT2D eigenvalue weighted by Crippen LogP contribution is 2.24. The van der Waals surface area contributed by atoms with Crippen molar-refractivity contribution in [1.29, 1.82) is 0 Å². The number of fused-ring (bicyclic) bond motifs is 1. The number of nitro groups is 1. The molecule has 0 bridgehead atoms. The molecular weight excluding hydrogens is 456 g/mol. The van der Waals surface area contributed by atoms with Crippen LogP contribution in [0.25, 0.3) is 10.2 Å². The van der Waals surface area contributed by atoms with Crippen molar-refractivity contribution >= 4 is 54.8 Å². The van der Waals surface area contributed by atoms with Gasteiger partial charge < -0.3 is 9.30 Å². The van der Waals surface area contributed by atoms with E-state index < -0.39 is 20.9 Å². The van der Waals surface area contributed by atoms with Crippen LogP contribution in [0, 0.1) is 10.1 Å². The maximum Gasteiger partial charge on any atom is 0.281 e. The van der Waals surface area contributed by atoms with Gasteiger partial charge in [-0.15, -0.1) is 0 Å². The molecule has 13 heteroatoms. The predicted octanol–water partition coefficient (Wildman–Crippen LogP) is 2.30. The zero-order chi connectivity index (χ0) is 22.1. The van der Waals surface area contributed by atoms with Crippen LogP contribution >= 0.6 is 22.9 Å². The third-order valence-electron chi connectivity index (χ3n) is 4.09. The van der Waals surface area contributed by atoms with Gasteiger partial charge in [-0.1, -0.05) is 22.9 Å². The van der Waals surface area contributed by atoms with Crippen molar-refractivity contribution in [3.05, 3.63) is 61.9 Å². The lowest BCUT2D eigenvalue weighted by Crippen LogP contribution is -2.19. The lowest BCUT2D eigenvalue weighted by atomic mass is 10.2. The van der Waals surface area contributed by atoms with Crippen LogP contribution in [-0.2, 0) is 21.3 Å². The molecule has 1 aromatic heterocycles. The highest BCUT2D eigenvalue weighted by Gasteiger charge is 2.17. The van der Waals surface area contributed by atoms with E-state index in [2.05, 4.69) is 4.99 Å². The molecule has 0 fully saturated rings. The van der Waals surface area contributed by atoms with Crippen molar-refractivity contribution < 1.29 is 22.9 Å². The van der Waals surface area contributed by atoms with E-state index in [4.69, 9.17) is 21.5 Å². The summed E-state index contributed by atoms with van der Waals surface area (Å²) in [6.45, 7) is 0.641.